The maximum Gasteiger partial charge on any atom is 0.249 e. The number of aromatic nitrogens is 2. The van der Waals surface area contributed by atoms with E-state index in [1.165, 1.54) is 0 Å². The number of nitrogen functional groups attached to an aromatic ring is 1. The standard InChI is InChI=1S/C14H15N5O2/c1-2-10-13(21)17-11(20)7-19(10)12-8-5-3-4-6-9(8)16-14(15)18-12/h3-6,10H,2,7H2,1H3,(H2,15,16,18)(H,17,20,21). The zero-order valence-corrected chi connectivity index (χ0v) is 11.5. The number of nitrogens with zero attached hydrogens (tertiary/aromatic N) is 3. The molecule has 2 heterocycles. The fourth-order valence-corrected chi connectivity index (χ4v) is 2.59. The largest absolute Gasteiger partial charge is 0.368 e. The van der Waals surface area contributed by atoms with Crippen molar-refractivity contribution in [2.24, 2.45) is 0 Å². The minimum atomic E-state index is -0.444. The topological polar surface area (TPSA) is 101 Å². The zero-order valence-electron chi connectivity index (χ0n) is 11.5. The summed E-state index contributed by atoms with van der Waals surface area (Å²) < 4.78 is 0. The number of nitrogens with one attached hydrogen (secondary N) is 1. The van der Waals surface area contributed by atoms with Crippen LogP contribution in [0.25, 0.3) is 10.9 Å². The normalized spacial score (nSPS) is 18.9. The number of carbonyl (C=O) groups is 2. The van der Waals surface area contributed by atoms with Crippen molar-refractivity contribution in [1.29, 1.82) is 0 Å². The molecule has 0 aliphatic carbocycles. The molecule has 3 rings (SSSR count). The number of anilines is 2. The molecule has 7 heteroatoms. The van der Waals surface area contributed by atoms with Crippen molar-refractivity contribution in [3.8, 4) is 0 Å². The molecule has 0 saturated carbocycles. The Balaban J connectivity index is 2.17. The van der Waals surface area contributed by atoms with Crippen LogP contribution >= 0.6 is 0 Å². The van der Waals surface area contributed by atoms with Gasteiger partial charge in [0.1, 0.15) is 11.9 Å². The molecule has 108 valence electrons. The second-order valence-corrected chi connectivity index (χ2v) is 4.89. The third-order valence-corrected chi connectivity index (χ3v) is 3.51. The first kappa shape index (κ1) is 13.3. The summed E-state index contributed by atoms with van der Waals surface area (Å²) in [5, 5.41) is 3.12. The van der Waals surface area contributed by atoms with Gasteiger partial charge in [-0.15, -0.1) is 0 Å². The van der Waals surface area contributed by atoms with Gasteiger partial charge in [-0.05, 0) is 18.6 Å². The van der Waals surface area contributed by atoms with Crippen molar-refractivity contribution in [2.45, 2.75) is 19.4 Å². The Bertz CT molecular complexity index is 730. The summed E-state index contributed by atoms with van der Waals surface area (Å²) in [7, 11) is 0. The third kappa shape index (κ3) is 2.26. The predicted molar refractivity (Wildman–Crippen MR) is 78.5 cm³/mol. The van der Waals surface area contributed by atoms with E-state index < -0.39 is 6.04 Å². The molecular weight excluding hydrogens is 270 g/mol. The van der Waals surface area contributed by atoms with E-state index in [4.69, 9.17) is 5.73 Å². The van der Waals surface area contributed by atoms with Crippen LogP contribution in [0.2, 0.25) is 0 Å². The van der Waals surface area contributed by atoms with Gasteiger partial charge in [-0.25, -0.2) is 4.98 Å². The number of para-hydroxylation sites is 1. The lowest BCUT2D eigenvalue weighted by molar-refractivity contribution is -0.132. The number of piperazine rings is 1. The molecule has 1 unspecified atom stereocenters. The molecule has 1 atom stereocenters. The Morgan fingerprint density at radius 3 is 2.86 bits per heavy atom. The van der Waals surface area contributed by atoms with Crippen LogP contribution in [0.5, 0.6) is 0 Å². The fourth-order valence-electron chi connectivity index (χ4n) is 2.59. The Labute approximate surface area is 121 Å². The first-order valence-electron chi connectivity index (χ1n) is 6.72. The monoisotopic (exact) mass is 285 g/mol. The summed E-state index contributed by atoms with van der Waals surface area (Å²) in [5.41, 5.74) is 6.44. The smallest absolute Gasteiger partial charge is 0.249 e. The summed E-state index contributed by atoms with van der Waals surface area (Å²) >= 11 is 0. The lowest BCUT2D eigenvalue weighted by Crippen LogP contribution is -2.58. The van der Waals surface area contributed by atoms with Gasteiger partial charge in [0.15, 0.2) is 0 Å². The molecule has 1 aromatic carbocycles. The predicted octanol–water partition coefficient (Wildman–Crippen LogP) is 0.453. The fraction of sp³-hybridized carbons (Fsp3) is 0.286. The number of hydrogen-bond acceptors (Lipinski definition) is 6. The number of imide groups is 1. The molecule has 1 aliphatic heterocycles. The first-order valence-corrected chi connectivity index (χ1v) is 6.72. The quantitative estimate of drug-likeness (QED) is 0.777. The number of benzene rings is 1. The summed E-state index contributed by atoms with van der Waals surface area (Å²) in [5.74, 6) is -0.00823. The third-order valence-electron chi connectivity index (χ3n) is 3.51. The second-order valence-electron chi connectivity index (χ2n) is 4.89. The number of hydrogen-bond donors (Lipinski definition) is 2. The molecule has 21 heavy (non-hydrogen) atoms. The van der Waals surface area contributed by atoms with Gasteiger partial charge in [-0.2, -0.15) is 4.98 Å². The number of amides is 2. The van der Waals surface area contributed by atoms with E-state index >= 15 is 0 Å². The molecular formula is C14H15N5O2. The van der Waals surface area contributed by atoms with Crippen molar-refractivity contribution in [2.75, 3.05) is 17.2 Å². The van der Waals surface area contributed by atoms with E-state index in [0.29, 0.717) is 17.8 Å². The van der Waals surface area contributed by atoms with Crippen molar-refractivity contribution in [1.82, 2.24) is 15.3 Å². The van der Waals surface area contributed by atoms with Crippen molar-refractivity contribution < 1.29 is 9.59 Å². The van der Waals surface area contributed by atoms with Crippen LogP contribution in [0.3, 0.4) is 0 Å². The van der Waals surface area contributed by atoms with Crippen LogP contribution in [0.4, 0.5) is 11.8 Å². The van der Waals surface area contributed by atoms with E-state index in [1.54, 1.807) is 4.90 Å². The van der Waals surface area contributed by atoms with Crippen LogP contribution in [-0.4, -0.2) is 34.4 Å². The summed E-state index contributed by atoms with van der Waals surface area (Å²) in [6, 6.07) is 6.94. The average molecular weight is 285 g/mol. The highest BCUT2D eigenvalue weighted by atomic mass is 16.2. The molecule has 0 radical (unpaired) electrons. The number of rotatable bonds is 2. The molecule has 7 nitrogen and oxygen atoms in total. The van der Waals surface area contributed by atoms with Gasteiger partial charge in [0.25, 0.3) is 0 Å². The van der Waals surface area contributed by atoms with Gasteiger partial charge in [0.05, 0.1) is 12.1 Å². The van der Waals surface area contributed by atoms with Gasteiger partial charge in [0.2, 0.25) is 17.8 Å². The molecule has 2 aromatic rings. The first-order chi connectivity index (χ1) is 10.1. The van der Waals surface area contributed by atoms with Crippen LogP contribution in [0.15, 0.2) is 24.3 Å². The van der Waals surface area contributed by atoms with E-state index in [1.807, 2.05) is 31.2 Å². The molecule has 1 fully saturated rings. The second kappa shape index (κ2) is 5.01. The Kier molecular flexibility index (Phi) is 3.17. The van der Waals surface area contributed by atoms with Crippen LogP contribution in [0.1, 0.15) is 13.3 Å². The molecule has 2 amide bonds. The van der Waals surface area contributed by atoms with Crippen molar-refractivity contribution >= 4 is 34.5 Å². The van der Waals surface area contributed by atoms with Gasteiger partial charge in [-0.3, -0.25) is 14.9 Å². The summed E-state index contributed by atoms with van der Waals surface area (Å²) in [6.07, 6.45) is 0.567. The number of fused-ring (bicyclic) bond motifs is 1. The maximum absolute atomic E-state index is 12.0. The maximum atomic E-state index is 12.0. The molecule has 0 bridgehead atoms. The van der Waals surface area contributed by atoms with Gasteiger partial charge < -0.3 is 10.6 Å². The van der Waals surface area contributed by atoms with Crippen LogP contribution in [0, 0.1) is 0 Å². The Morgan fingerprint density at radius 2 is 2.10 bits per heavy atom. The average Bonchev–Trinajstić information content (AvgIpc) is 2.45. The Morgan fingerprint density at radius 1 is 1.33 bits per heavy atom. The minimum Gasteiger partial charge on any atom is -0.368 e. The highest BCUT2D eigenvalue weighted by molar-refractivity contribution is 6.06. The van der Waals surface area contributed by atoms with Gasteiger partial charge in [-0.1, -0.05) is 19.1 Å². The van der Waals surface area contributed by atoms with Crippen LogP contribution in [-0.2, 0) is 9.59 Å². The van der Waals surface area contributed by atoms with E-state index in [0.717, 1.165) is 5.39 Å². The number of carbonyl (C=O) groups excluding carboxylic acids is 2. The van der Waals surface area contributed by atoms with E-state index in [2.05, 4.69) is 15.3 Å². The van der Waals surface area contributed by atoms with E-state index in [-0.39, 0.29) is 24.3 Å². The molecule has 1 aliphatic rings. The molecule has 1 aromatic heterocycles. The Hall–Kier alpha value is -2.70. The molecule has 1 saturated heterocycles. The molecule has 3 N–H and O–H groups in total. The number of nitrogens with two attached hydrogens (primary N) is 1. The highest BCUT2D eigenvalue weighted by Gasteiger charge is 2.34. The van der Waals surface area contributed by atoms with Crippen LogP contribution < -0.4 is 16.0 Å². The highest BCUT2D eigenvalue weighted by Crippen LogP contribution is 2.27. The summed E-state index contributed by atoms with van der Waals surface area (Å²) in [6.45, 7) is 1.96. The summed E-state index contributed by atoms with van der Waals surface area (Å²) in [4.78, 5) is 33.8. The van der Waals surface area contributed by atoms with Crippen molar-refractivity contribution in [3.63, 3.8) is 0 Å². The van der Waals surface area contributed by atoms with E-state index in [9.17, 15) is 9.59 Å². The molecule has 0 spiro atoms. The van der Waals surface area contributed by atoms with Gasteiger partial charge >= 0.3 is 0 Å². The zero-order chi connectivity index (χ0) is 15.0. The minimum absolute atomic E-state index is 0.0741. The lowest BCUT2D eigenvalue weighted by Gasteiger charge is -2.34. The van der Waals surface area contributed by atoms with Gasteiger partial charge in [0, 0.05) is 5.39 Å². The van der Waals surface area contributed by atoms with Crippen molar-refractivity contribution in [3.05, 3.63) is 24.3 Å². The lowest BCUT2D eigenvalue weighted by atomic mass is 10.1. The SMILES string of the molecule is CCC1C(=O)NC(=O)CN1c1nc(N)nc2ccccc12.